The van der Waals surface area contributed by atoms with Crippen molar-refractivity contribution in [2.24, 2.45) is 17.8 Å². The lowest BCUT2D eigenvalue weighted by Gasteiger charge is -2.45. The Hall–Kier alpha value is -2.05. The molecule has 0 heterocycles. The summed E-state index contributed by atoms with van der Waals surface area (Å²) in [6.07, 6.45) is 4.31. The first-order valence-corrected chi connectivity index (χ1v) is 14.5. The number of ether oxygens (including phenoxy) is 2. The van der Waals surface area contributed by atoms with Crippen LogP contribution in [0.25, 0.3) is 0 Å². The van der Waals surface area contributed by atoms with Crippen molar-refractivity contribution in [3.63, 3.8) is 0 Å². The number of rotatable bonds is 11. The summed E-state index contributed by atoms with van der Waals surface area (Å²) >= 11 is 0. The van der Waals surface area contributed by atoms with Crippen molar-refractivity contribution >= 4 is 25.0 Å². The Morgan fingerprint density at radius 1 is 1.00 bits per heavy atom. The Morgan fingerprint density at radius 2 is 1.54 bits per heavy atom. The highest BCUT2D eigenvalue weighted by molar-refractivity contribution is 6.99. The molecule has 5 heteroatoms. The van der Waals surface area contributed by atoms with E-state index in [-0.39, 0.29) is 35.7 Å². The van der Waals surface area contributed by atoms with Gasteiger partial charge in [-0.3, -0.25) is 0 Å². The van der Waals surface area contributed by atoms with Crippen molar-refractivity contribution in [2.75, 3.05) is 13.9 Å². The molecule has 0 spiro atoms. The number of carbonyl (C=O) groups is 1. The van der Waals surface area contributed by atoms with Gasteiger partial charge in [0.2, 0.25) is 0 Å². The fourth-order valence-electron chi connectivity index (χ4n) is 5.98. The van der Waals surface area contributed by atoms with Gasteiger partial charge in [-0.25, -0.2) is 0 Å². The van der Waals surface area contributed by atoms with Crippen LogP contribution in [-0.4, -0.2) is 40.2 Å². The molecule has 1 aliphatic rings. The number of carbonyl (C=O) groups excluding carboxylic acids is 1. The molecule has 0 saturated heterocycles. The molecule has 3 rings (SSSR count). The van der Waals surface area contributed by atoms with Gasteiger partial charge in [0, 0.05) is 25.0 Å². The van der Waals surface area contributed by atoms with Gasteiger partial charge in [0.25, 0.3) is 8.32 Å². The van der Waals surface area contributed by atoms with Crippen molar-refractivity contribution < 1.29 is 18.7 Å². The molecule has 2 aromatic carbocycles. The summed E-state index contributed by atoms with van der Waals surface area (Å²) in [4.78, 5) is 12.4. The first-order valence-electron chi connectivity index (χ1n) is 12.6. The van der Waals surface area contributed by atoms with Crippen LogP contribution < -0.4 is 10.4 Å². The summed E-state index contributed by atoms with van der Waals surface area (Å²) in [6, 6.07) is 21.4. The molecule has 190 valence electrons. The molecule has 5 atom stereocenters. The third-order valence-corrected chi connectivity index (χ3v) is 12.9. The van der Waals surface area contributed by atoms with E-state index in [2.05, 4.69) is 102 Å². The molecule has 0 amide bonds. The third-order valence-electron chi connectivity index (χ3n) is 7.89. The number of hydrogen-bond donors (Lipinski definition) is 0. The number of aldehydes is 1. The fraction of sp³-hybridized carbons (Fsp3) is 0.500. The molecular formula is C30H42O4Si. The van der Waals surface area contributed by atoms with Gasteiger partial charge in [0.1, 0.15) is 13.1 Å². The van der Waals surface area contributed by atoms with E-state index in [4.69, 9.17) is 13.9 Å². The quantitative estimate of drug-likeness (QED) is 0.183. The van der Waals surface area contributed by atoms with E-state index >= 15 is 0 Å². The van der Waals surface area contributed by atoms with E-state index < -0.39 is 13.9 Å². The average molecular weight is 495 g/mol. The highest BCUT2D eigenvalue weighted by atomic mass is 28.4. The number of hydrogen-bond acceptors (Lipinski definition) is 4. The summed E-state index contributed by atoms with van der Waals surface area (Å²) < 4.78 is 18.9. The maximum Gasteiger partial charge on any atom is 0.261 e. The number of benzene rings is 2. The molecule has 1 saturated carbocycles. The van der Waals surface area contributed by atoms with Gasteiger partial charge in [-0.05, 0) is 41.1 Å². The number of methoxy groups -OCH3 is 1. The summed E-state index contributed by atoms with van der Waals surface area (Å²) in [5.41, 5.74) is -0.554. The smallest absolute Gasteiger partial charge is 0.261 e. The molecule has 0 radical (unpaired) electrons. The molecule has 0 bridgehead atoms. The fourth-order valence-corrected chi connectivity index (χ4v) is 10.8. The van der Waals surface area contributed by atoms with E-state index in [1.165, 1.54) is 10.4 Å². The Morgan fingerprint density at radius 3 is 1.97 bits per heavy atom. The summed E-state index contributed by atoms with van der Waals surface area (Å²) in [7, 11) is -1.11. The molecule has 0 aromatic heterocycles. The second kappa shape index (κ2) is 11.3. The van der Waals surface area contributed by atoms with Crippen molar-refractivity contribution in [3.05, 3.63) is 73.3 Å². The van der Waals surface area contributed by atoms with Gasteiger partial charge in [0.15, 0.2) is 0 Å². The van der Waals surface area contributed by atoms with Crippen LogP contribution in [0.1, 0.15) is 47.5 Å². The molecule has 1 aliphatic carbocycles. The van der Waals surface area contributed by atoms with Crippen LogP contribution in [0.2, 0.25) is 5.04 Å². The maximum atomic E-state index is 12.4. The normalized spacial score (nSPS) is 24.6. The van der Waals surface area contributed by atoms with E-state index in [0.717, 1.165) is 12.7 Å². The minimum atomic E-state index is -2.73. The molecule has 4 nitrogen and oxygen atoms in total. The van der Waals surface area contributed by atoms with E-state index in [0.29, 0.717) is 6.42 Å². The van der Waals surface area contributed by atoms with Gasteiger partial charge >= 0.3 is 0 Å². The largest absolute Gasteiger partial charge is 0.404 e. The lowest BCUT2D eigenvalue weighted by molar-refractivity contribution is -0.156. The molecule has 0 aliphatic heterocycles. The Labute approximate surface area is 212 Å². The molecule has 0 N–H and O–H groups in total. The summed E-state index contributed by atoms with van der Waals surface area (Å²) in [6.45, 7) is 15.2. The summed E-state index contributed by atoms with van der Waals surface area (Å²) in [5.74, 6) is -0.0965. The van der Waals surface area contributed by atoms with Crippen molar-refractivity contribution in [2.45, 2.75) is 64.2 Å². The average Bonchev–Trinajstić information content (AvgIpc) is 3.17. The minimum absolute atomic E-state index is 0.00589. The van der Waals surface area contributed by atoms with Crippen LogP contribution in [0.15, 0.2) is 73.3 Å². The van der Waals surface area contributed by atoms with Crippen LogP contribution in [0.4, 0.5) is 0 Å². The Kier molecular flexibility index (Phi) is 8.92. The Balaban J connectivity index is 2.10. The zero-order valence-electron chi connectivity index (χ0n) is 22.2. The van der Waals surface area contributed by atoms with Gasteiger partial charge in [-0.2, -0.15) is 0 Å². The predicted octanol–water partition coefficient (Wildman–Crippen LogP) is 5.36. The molecule has 0 unspecified atom stereocenters. The molecule has 35 heavy (non-hydrogen) atoms. The second-order valence-corrected chi connectivity index (χ2v) is 15.3. The van der Waals surface area contributed by atoms with Crippen LogP contribution in [0, 0.1) is 17.8 Å². The Bertz CT molecular complexity index is 916. The lowest BCUT2D eigenvalue weighted by atomic mass is 9.78. The van der Waals surface area contributed by atoms with Gasteiger partial charge in [0.05, 0.1) is 5.60 Å². The molecular weight excluding hydrogens is 452 g/mol. The maximum absolute atomic E-state index is 12.4. The van der Waals surface area contributed by atoms with Crippen LogP contribution in [0.3, 0.4) is 0 Å². The van der Waals surface area contributed by atoms with Crippen molar-refractivity contribution in [1.29, 1.82) is 0 Å². The minimum Gasteiger partial charge on any atom is -0.404 e. The zero-order valence-corrected chi connectivity index (χ0v) is 23.2. The van der Waals surface area contributed by atoms with Crippen LogP contribution in [-0.2, 0) is 18.7 Å². The van der Waals surface area contributed by atoms with E-state index in [1.807, 2.05) is 6.08 Å². The van der Waals surface area contributed by atoms with Crippen molar-refractivity contribution in [3.8, 4) is 0 Å². The highest BCUT2D eigenvalue weighted by Crippen LogP contribution is 2.48. The summed E-state index contributed by atoms with van der Waals surface area (Å²) in [5, 5.41) is 2.38. The highest BCUT2D eigenvalue weighted by Gasteiger charge is 2.56. The molecule has 2 aromatic rings. The monoisotopic (exact) mass is 494 g/mol. The third kappa shape index (κ3) is 5.38. The topological polar surface area (TPSA) is 44.8 Å². The van der Waals surface area contributed by atoms with Crippen LogP contribution >= 0.6 is 0 Å². The predicted molar refractivity (Wildman–Crippen MR) is 145 cm³/mol. The van der Waals surface area contributed by atoms with E-state index in [1.54, 1.807) is 7.11 Å². The van der Waals surface area contributed by atoms with Gasteiger partial charge in [-0.1, -0.05) is 94.4 Å². The van der Waals surface area contributed by atoms with Gasteiger partial charge in [-0.15, -0.1) is 6.58 Å². The second-order valence-electron chi connectivity index (χ2n) is 11.1. The van der Waals surface area contributed by atoms with Crippen LogP contribution in [0.5, 0.6) is 0 Å². The first kappa shape index (κ1) is 27.5. The zero-order chi connectivity index (χ0) is 25.7. The van der Waals surface area contributed by atoms with E-state index in [9.17, 15) is 4.79 Å². The first-order chi connectivity index (χ1) is 16.6. The SMILES string of the molecule is C=CC[C@](C)(OCOC)[C@H]1C[C@H](O[Si](c2ccccc2)(c2ccccc2)C(C)(C)C)[C@H](C)[C@H]1C=O. The van der Waals surface area contributed by atoms with Crippen molar-refractivity contribution in [1.82, 2.24) is 0 Å². The lowest BCUT2D eigenvalue weighted by Crippen LogP contribution is -2.68. The standard InChI is InChI=1S/C30H42O4Si/c1-8-19-30(6,33-22-32-7)27-20-28(23(2)26(27)21-31)34-35(29(3,4)5,24-15-11-9-12-16-24)25-17-13-10-14-18-25/h8-18,21,23,26-28H,1,19-20,22H2,2-7H3/t23-,26-,27+,28+,30+/m1/s1. The van der Waals surface area contributed by atoms with Gasteiger partial charge < -0.3 is 18.7 Å². The molecule has 1 fully saturated rings.